The van der Waals surface area contributed by atoms with Gasteiger partial charge < -0.3 is 14.4 Å². The van der Waals surface area contributed by atoms with Crippen molar-refractivity contribution in [3.63, 3.8) is 0 Å². The molecule has 0 spiro atoms. The summed E-state index contributed by atoms with van der Waals surface area (Å²) in [5.74, 6) is -1.21. The van der Waals surface area contributed by atoms with Crippen LogP contribution in [0.4, 0.5) is 5.00 Å². The van der Waals surface area contributed by atoms with Crippen LogP contribution in [0.3, 0.4) is 0 Å². The van der Waals surface area contributed by atoms with Gasteiger partial charge in [0.2, 0.25) is 5.91 Å². The summed E-state index contributed by atoms with van der Waals surface area (Å²) in [5.41, 5.74) is -0.967. The van der Waals surface area contributed by atoms with Gasteiger partial charge in [0, 0.05) is 19.0 Å². The number of rotatable bonds is 3. The molecule has 0 saturated heterocycles. The van der Waals surface area contributed by atoms with Crippen molar-refractivity contribution in [2.75, 3.05) is 11.9 Å². The van der Waals surface area contributed by atoms with Crippen LogP contribution >= 0.6 is 11.3 Å². The maximum absolute atomic E-state index is 12.6. The molecule has 0 bridgehead atoms. The molecule has 0 aliphatic heterocycles. The first-order chi connectivity index (χ1) is 11.0. The Balaban J connectivity index is 1.91. The number of anilines is 1. The monoisotopic (exact) mass is 335 g/mol. The number of thiophene rings is 1. The highest BCUT2D eigenvalue weighted by Gasteiger charge is 2.26. The minimum atomic E-state index is -1.32. The number of carbonyl (C=O) groups is 2. The van der Waals surface area contributed by atoms with E-state index in [4.69, 9.17) is 9.52 Å². The molecule has 122 valence electrons. The van der Waals surface area contributed by atoms with Gasteiger partial charge in [0.05, 0.1) is 4.70 Å². The van der Waals surface area contributed by atoms with Gasteiger partial charge in [-0.15, -0.1) is 11.3 Å². The van der Waals surface area contributed by atoms with E-state index in [0.717, 1.165) is 25.7 Å². The summed E-state index contributed by atoms with van der Waals surface area (Å²) in [6.45, 7) is 0. The van der Waals surface area contributed by atoms with E-state index in [2.05, 4.69) is 0 Å². The molecule has 1 saturated carbocycles. The van der Waals surface area contributed by atoms with Crippen LogP contribution in [0, 0.1) is 5.92 Å². The van der Waals surface area contributed by atoms with E-state index in [1.54, 1.807) is 18.0 Å². The lowest BCUT2D eigenvalue weighted by atomic mass is 9.88. The lowest BCUT2D eigenvalue weighted by Crippen LogP contribution is -2.33. The van der Waals surface area contributed by atoms with Crippen molar-refractivity contribution >= 4 is 38.5 Å². The molecule has 0 atom stereocenters. The molecular formula is C16H17NO5S. The van der Waals surface area contributed by atoms with Crippen LogP contribution in [0.25, 0.3) is 10.3 Å². The van der Waals surface area contributed by atoms with E-state index in [9.17, 15) is 14.4 Å². The Morgan fingerprint density at radius 2 is 1.96 bits per heavy atom. The molecule has 2 aromatic heterocycles. The molecule has 3 rings (SSSR count). The first kappa shape index (κ1) is 15.7. The van der Waals surface area contributed by atoms with Crippen molar-refractivity contribution in [1.29, 1.82) is 0 Å². The van der Waals surface area contributed by atoms with Crippen LogP contribution in [0.5, 0.6) is 0 Å². The van der Waals surface area contributed by atoms with Gasteiger partial charge in [-0.3, -0.25) is 4.79 Å². The van der Waals surface area contributed by atoms with Gasteiger partial charge in [0.15, 0.2) is 5.58 Å². The topological polar surface area (TPSA) is 87.8 Å². The van der Waals surface area contributed by atoms with Gasteiger partial charge in [0.25, 0.3) is 0 Å². The van der Waals surface area contributed by atoms with Crippen LogP contribution in [0.2, 0.25) is 0 Å². The highest BCUT2D eigenvalue weighted by atomic mass is 32.1. The number of fused-ring (bicyclic) bond motifs is 1. The minimum absolute atomic E-state index is 0.0422. The van der Waals surface area contributed by atoms with Gasteiger partial charge in [-0.05, 0) is 18.9 Å². The predicted octanol–water partition coefficient (Wildman–Crippen LogP) is 3.10. The van der Waals surface area contributed by atoms with Crippen LogP contribution < -0.4 is 10.5 Å². The number of carboxylic acid groups (broad SMARTS) is 1. The Hall–Kier alpha value is -2.15. The fraction of sp³-hybridized carbons (Fsp3) is 0.438. The predicted molar refractivity (Wildman–Crippen MR) is 87.3 cm³/mol. The zero-order chi connectivity index (χ0) is 16.6. The molecule has 0 radical (unpaired) electrons. The summed E-state index contributed by atoms with van der Waals surface area (Å²) in [6, 6.07) is 2.92. The van der Waals surface area contributed by atoms with E-state index < -0.39 is 17.2 Å². The van der Waals surface area contributed by atoms with Crippen molar-refractivity contribution in [3.8, 4) is 0 Å². The maximum Gasteiger partial charge on any atom is 0.351 e. The van der Waals surface area contributed by atoms with Gasteiger partial charge in [0.1, 0.15) is 10.6 Å². The summed E-state index contributed by atoms with van der Waals surface area (Å²) < 4.78 is 5.59. The van der Waals surface area contributed by atoms with Crippen molar-refractivity contribution in [2.45, 2.75) is 32.1 Å². The van der Waals surface area contributed by atoms with E-state index >= 15 is 0 Å². The number of aromatic carboxylic acids is 1. The second-order valence-electron chi connectivity index (χ2n) is 5.80. The summed E-state index contributed by atoms with van der Waals surface area (Å²) in [7, 11) is 1.71. The Kier molecular flexibility index (Phi) is 4.21. The molecule has 1 fully saturated rings. The standard InChI is InChI=1S/C16H17NO5S/c1-17(14(18)9-5-3-2-4-6-9)13-8-11-12(23-13)7-10(15(19)20)16(21)22-11/h7-9H,2-6H2,1H3,(H,19,20). The fourth-order valence-electron chi connectivity index (χ4n) is 2.95. The number of nitrogens with zero attached hydrogens (tertiary/aromatic N) is 1. The molecule has 2 heterocycles. The Morgan fingerprint density at radius 1 is 1.26 bits per heavy atom. The lowest BCUT2D eigenvalue weighted by Gasteiger charge is -2.25. The third-order valence-electron chi connectivity index (χ3n) is 4.26. The fourth-order valence-corrected chi connectivity index (χ4v) is 3.94. The average Bonchev–Trinajstić information content (AvgIpc) is 2.96. The van der Waals surface area contributed by atoms with E-state index in [-0.39, 0.29) is 11.8 Å². The van der Waals surface area contributed by atoms with E-state index in [1.807, 2.05) is 0 Å². The highest BCUT2D eigenvalue weighted by molar-refractivity contribution is 7.22. The number of hydrogen-bond acceptors (Lipinski definition) is 5. The molecule has 0 unspecified atom stereocenters. The minimum Gasteiger partial charge on any atom is -0.477 e. The largest absolute Gasteiger partial charge is 0.477 e. The molecule has 1 aliphatic rings. The van der Waals surface area contributed by atoms with Crippen LogP contribution in [0.15, 0.2) is 21.3 Å². The van der Waals surface area contributed by atoms with E-state index in [0.29, 0.717) is 15.3 Å². The third-order valence-corrected chi connectivity index (χ3v) is 5.40. The number of carbonyl (C=O) groups excluding carboxylic acids is 1. The van der Waals surface area contributed by atoms with Gasteiger partial charge in [-0.1, -0.05) is 19.3 Å². The van der Waals surface area contributed by atoms with Gasteiger partial charge >= 0.3 is 11.6 Å². The van der Waals surface area contributed by atoms with Crippen molar-refractivity contribution in [1.82, 2.24) is 0 Å². The second-order valence-corrected chi connectivity index (χ2v) is 6.86. The zero-order valence-corrected chi connectivity index (χ0v) is 13.5. The lowest BCUT2D eigenvalue weighted by molar-refractivity contribution is -0.122. The Morgan fingerprint density at radius 3 is 2.61 bits per heavy atom. The van der Waals surface area contributed by atoms with Crippen LogP contribution in [-0.2, 0) is 4.79 Å². The molecule has 0 aromatic carbocycles. The van der Waals surface area contributed by atoms with Crippen LogP contribution in [0.1, 0.15) is 42.5 Å². The summed E-state index contributed by atoms with van der Waals surface area (Å²) in [6.07, 6.45) is 5.15. The number of carboxylic acids is 1. The normalized spacial score (nSPS) is 15.7. The number of amides is 1. The van der Waals surface area contributed by atoms with Gasteiger partial charge in [-0.2, -0.15) is 0 Å². The molecule has 6 nitrogen and oxygen atoms in total. The van der Waals surface area contributed by atoms with Crippen molar-refractivity contribution in [2.24, 2.45) is 5.92 Å². The summed E-state index contributed by atoms with van der Waals surface area (Å²) in [4.78, 5) is 36.8. The maximum atomic E-state index is 12.6. The first-order valence-corrected chi connectivity index (χ1v) is 8.37. The summed E-state index contributed by atoms with van der Waals surface area (Å²) in [5, 5.41) is 9.63. The highest BCUT2D eigenvalue weighted by Crippen LogP contribution is 2.34. The molecule has 1 amide bonds. The van der Waals surface area contributed by atoms with Gasteiger partial charge in [-0.25, -0.2) is 9.59 Å². The zero-order valence-electron chi connectivity index (χ0n) is 12.7. The quantitative estimate of drug-likeness (QED) is 0.931. The Labute approximate surface area is 136 Å². The number of hydrogen-bond donors (Lipinski definition) is 1. The summed E-state index contributed by atoms with van der Waals surface area (Å²) >= 11 is 1.25. The molecule has 23 heavy (non-hydrogen) atoms. The Bertz CT molecular complexity index is 815. The molecule has 7 heteroatoms. The van der Waals surface area contributed by atoms with Crippen molar-refractivity contribution in [3.05, 3.63) is 28.1 Å². The first-order valence-electron chi connectivity index (χ1n) is 7.56. The molecule has 1 aliphatic carbocycles. The van der Waals surface area contributed by atoms with Crippen LogP contribution in [-0.4, -0.2) is 24.0 Å². The van der Waals surface area contributed by atoms with Crippen molar-refractivity contribution < 1.29 is 19.1 Å². The smallest absolute Gasteiger partial charge is 0.351 e. The molecular weight excluding hydrogens is 318 g/mol. The van der Waals surface area contributed by atoms with E-state index in [1.165, 1.54) is 23.8 Å². The SMILES string of the molecule is CN(C(=O)C1CCCCC1)c1cc2oc(=O)c(C(=O)O)cc2s1. The molecule has 2 aromatic rings. The third kappa shape index (κ3) is 3.01. The average molecular weight is 335 g/mol. The molecule has 1 N–H and O–H groups in total. The second kappa shape index (κ2) is 6.16.